The summed E-state index contributed by atoms with van der Waals surface area (Å²) in [6, 6.07) is 7.45. The number of hydrogen-bond acceptors (Lipinski definition) is 5. The van der Waals surface area contributed by atoms with Crippen LogP contribution in [-0.2, 0) is 11.2 Å². The summed E-state index contributed by atoms with van der Waals surface area (Å²) in [6.07, 6.45) is 0.653. The highest BCUT2D eigenvalue weighted by Crippen LogP contribution is 2.26. The number of aromatic nitrogens is 2. The first-order chi connectivity index (χ1) is 11.8. The Balaban J connectivity index is 2.65. The maximum Gasteiger partial charge on any atom is 0.343 e. The second-order valence-electron chi connectivity index (χ2n) is 6.61. The van der Waals surface area contributed by atoms with E-state index in [-0.39, 0.29) is 6.04 Å². The minimum Gasteiger partial charge on any atom is -0.465 e. The number of rotatable bonds is 6. The van der Waals surface area contributed by atoms with E-state index in [0.717, 1.165) is 5.56 Å². The molecule has 1 heterocycles. The van der Waals surface area contributed by atoms with E-state index in [2.05, 4.69) is 29.1 Å². The third-order valence-electron chi connectivity index (χ3n) is 3.50. The van der Waals surface area contributed by atoms with E-state index >= 15 is 0 Å². The number of esters is 1. The minimum absolute atomic E-state index is 0.114. The standard InChI is InChI=1S/C19H24ClN3O2/c1-11(2)10-15-16(19(24)25-5)18(21-12(3)4)23-17(22-15)13-6-8-14(20)9-7-13/h6-9,11-12H,10H2,1-5H3,(H,21,22,23). The quantitative estimate of drug-likeness (QED) is 0.761. The summed E-state index contributed by atoms with van der Waals surface area (Å²) in [5.74, 6) is 0.963. The van der Waals surface area contributed by atoms with Crippen LogP contribution in [0.3, 0.4) is 0 Å². The average Bonchev–Trinajstić information content (AvgIpc) is 2.53. The van der Waals surface area contributed by atoms with Crippen LogP contribution in [0.2, 0.25) is 5.02 Å². The Morgan fingerprint density at radius 3 is 2.32 bits per heavy atom. The number of methoxy groups -OCH3 is 1. The summed E-state index contributed by atoms with van der Waals surface area (Å²) >= 11 is 5.97. The lowest BCUT2D eigenvalue weighted by Crippen LogP contribution is -2.20. The number of halogens is 1. The van der Waals surface area contributed by atoms with Crippen LogP contribution in [0, 0.1) is 5.92 Å². The van der Waals surface area contributed by atoms with E-state index < -0.39 is 5.97 Å². The maximum atomic E-state index is 12.4. The fourth-order valence-electron chi connectivity index (χ4n) is 2.46. The molecule has 0 bridgehead atoms. The van der Waals surface area contributed by atoms with Crippen LogP contribution in [0.15, 0.2) is 24.3 Å². The molecule has 0 unspecified atom stereocenters. The fourth-order valence-corrected chi connectivity index (χ4v) is 2.59. The summed E-state index contributed by atoms with van der Waals surface area (Å²) in [7, 11) is 1.37. The number of carbonyl (C=O) groups is 1. The summed E-state index contributed by atoms with van der Waals surface area (Å²) in [4.78, 5) is 21.6. The third kappa shape index (κ3) is 4.92. The molecule has 0 aliphatic heterocycles. The van der Waals surface area contributed by atoms with Gasteiger partial charge in [-0.25, -0.2) is 14.8 Å². The van der Waals surface area contributed by atoms with E-state index in [1.807, 2.05) is 26.0 Å². The molecule has 0 amide bonds. The van der Waals surface area contributed by atoms with Crippen molar-refractivity contribution in [3.05, 3.63) is 40.5 Å². The number of benzene rings is 1. The van der Waals surface area contributed by atoms with E-state index in [1.54, 1.807) is 12.1 Å². The molecule has 134 valence electrons. The molecule has 0 fully saturated rings. The fraction of sp³-hybridized carbons (Fsp3) is 0.421. The highest BCUT2D eigenvalue weighted by atomic mass is 35.5. The molecular formula is C19H24ClN3O2. The summed E-state index contributed by atoms with van der Waals surface area (Å²) in [6.45, 7) is 8.15. The van der Waals surface area contributed by atoms with Crippen molar-refractivity contribution >= 4 is 23.4 Å². The van der Waals surface area contributed by atoms with Gasteiger partial charge in [-0.2, -0.15) is 0 Å². The Labute approximate surface area is 153 Å². The predicted octanol–water partition coefficient (Wildman–Crippen LogP) is 4.60. The topological polar surface area (TPSA) is 64.1 Å². The first-order valence-electron chi connectivity index (χ1n) is 8.33. The first-order valence-corrected chi connectivity index (χ1v) is 8.71. The molecule has 0 radical (unpaired) electrons. The smallest absolute Gasteiger partial charge is 0.343 e. The normalized spacial score (nSPS) is 11.0. The second-order valence-corrected chi connectivity index (χ2v) is 7.05. The van der Waals surface area contributed by atoms with Crippen molar-refractivity contribution in [1.82, 2.24) is 9.97 Å². The molecule has 2 aromatic rings. The molecule has 0 saturated carbocycles. The van der Waals surface area contributed by atoms with Crippen LogP contribution in [0.1, 0.15) is 43.7 Å². The number of ether oxygens (including phenoxy) is 1. The van der Waals surface area contributed by atoms with Crippen molar-refractivity contribution in [3.63, 3.8) is 0 Å². The van der Waals surface area contributed by atoms with Crippen LogP contribution in [-0.4, -0.2) is 29.1 Å². The molecule has 6 heteroatoms. The zero-order valence-electron chi connectivity index (χ0n) is 15.3. The lowest BCUT2D eigenvalue weighted by atomic mass is 10.0. The van der Waals surface area contributed by atoms with Gasteiger partial charge in [0.15, 0.2) is 5.82 Å². The lowest BCUT2D eigenvalue weighted by molar-refractivity contribution is 0.0599. The van der Waals surface area contributed by atoms with Crippen LogP contribution < -0.4 is 5.32 Å². The van der Waals surface area contributed by atoms with Gasteiger partial charge in [-0.15, -0.1) is 0 Å². The van der Waals surface area contributed by atoms with Gasteiger partial charge >= 0.3 is 5.97 Å². The highest BCUT2D eigenvalue weighted by molar-refractivity contribution is 6.30. The minimum atomic E-state index is -0.429. The SMILES string of the molecule is COC(=O)c1c(CC(C)C)nc(-c2ccc(Cl)cc2)nc1NC(C)C. The number of nitrogens with one attached hydrogen (secondary N) is 1. The van der Waals surface area contributed by atoms with Crippen molar-refractivity contribution in [1.29, 1.82) is 0 Å². The number of anilines is 1. The van der Waals surface area contributed by atoms with E-state index in [9.17, 15) is 4.79 Å². The van der Waals surface area contributed by atoms with Crippen LogP contribution in [0.4, 0.5) is 5.82 Å². The van der Waals surface area contributed by atoms with Crippen molar-refractivity contribution < 1.29 is 9.53 Å². The largest absolute Gasteiger partial charge is 0.465 e. The van der Waals surface area contributed by atoms with Crippen molar-refractivity contribution in [3.8, 4) is 11.4 Å². The molecule has 0 aliphatic carbocycles. The molecule has 25 heavy (non-hydrogen) atoms. The monoisotopic (exact) mass is 361 g/mol. The van der Waals surface area contributed by atoms with Crippen LogP contribution in [0.25, 0.3) is 11.4 Å². The van der Waals surface area contributed by atoms with Gasteiger partial charge in [0.1, 0.15) is 11.4 Å². The molecule has 0 saturated heterocycles. The predicted molar refractivity (Wildman–Crippen MR) is 101 cm³/mol. The van der Waals surface area contributed by atoms with Crippen molar-refractivity contribution in [2.75, 3.05) is 12.4 Å². The van der Waals surface area contributed by atoms with Gasteiger partial charge in [0.05, 0.1) is 12.8 Å². The molecule has 0 atom stereocenters. The third-order valence-corrected chi connectivity index (χ3v) is 3.75. The maximum absolute atomic E-state index is 12.4. The van der Waals surface area contributed by atoms with Crippen molar-refractivity contribution in [2.24, 2.45) is 5.92 Å². The van der Waals surface area contributed by atoms with Gasteiger partial charge in [0, 0.05) is 16.6 Å². The second kappa shape index (κ2) is 8.30. The molecule has 5 nitrogen and oxygen atoms in total. The Bertz CT molecular complexity index is 712. The van der Waals surface area contributed by atoms with E-state index in [4.69, 9.17) is 16.3 Å². The van der Waals surface area contributed by atoms with E-state index in [0.29, 0.717) is 40.3 Å². The van der Waals surface area contributed by atoms with Gasteiger partial charge in [0.2, 0.25) is 0 Å². The lowest BCUT2D eigenvalue weighted by Gasteiger charge is -2.18. The molecular weight excluding hydrogens is 338 g/mol. The molecule has 2 rings (SSSR count). The summed E-state index contributed by atoms with van der Waals surface area (Å²) in [5, 5.41) is 3.90. The van der Waals surface area contributed by atoms with Gasteiger partial charge in [-0.1, -0.05) is 25.4 Å². The van der Waals surface area contributed by atoms with Gasteiger partial charge in [-0.05, 0) is 50.5 Å². The van der Waals surface area contributed by atoms with Gasteiger partial charge in [0.25, 0.3) is 0 Å². The number of hydrogen-bond donors (Lipinski definition) is 1. The summed E-state index contributed by atoms with van der Waals surface area (Å²) in [5.41, 5.74) is 1.94. The Morgan fingerprint density at radius 2 is 1.80 bits per heavy atom. The summed E-state index contributed by atoms with van der Waals surface area (Å²) < 4.78 is 4.97. The number of carbonyl (C=O) groups excluding carboxylic acids is 1. The number of nitrogens with zero attached hydrogens (tertiary/aromatic N) is 2. The van der Waals surface area contributed by atoms with Crippen LogP contribution in [0.5, 0.6) is 0 Å². The Morgan fingerprint density at radius 1 is 1.16 bits per heavy atom. The van der Waals surface area contributed by atoms with Crippen molar-refractivity contribution in [2.45, 2.75) is 40.2 Å². The zero-order valence-corrected chi connectivity index (χ0v) is 16.0. The molecule has 0 aliphatic rings. The highest BCUT2D eigenvalue weighted by Gasteiger charge is 2.23. The Kier molecular flexibility index (Phi) is 6.37. The average molecular weight is 362 g/mol. The molecule has 0 spiro atoms. The Hall–Kier alpha value is -2.14. The van der Waals surface area contributed by atoms with Crippen LogP contribution >= 0.6 is 11.6 Å². The molecule has 1 aromatic heterocycles. The zero-order chi connectivity index (χ0) is 18.6. The van der Waals surface area contributed by atoms with Gasteiger partial charge < -0.3 is 10.1 Å². The molecule has 1 aromatic carbocycles. The molecule has 1 N–H and O–H groups in total. The first kappa shape index (κ1) is 19.2. The van der Waals surface area contributed by atoms with Gasteiger partial charge in [-0.3, -0.25) is 0 Å². The van der Waals surface area contributed by atoms with E-state index in [1.165, 1.54) is 7.11 Å².